The molecule has 0 aliphatic carbocycles. The molecule has 0 aliphatic rings. The number of carbonyl (C=O) groups is 2. The van der Waals surface area contributed by atoms with Crippen molar-refractivity contribution in [2.45, 2.75) is 20.0 Å². The van der Waals surface area contributed by atoms with Gasteiger partial charge in [0.25, 0.3) is 5.91 Å². The molecule has 0 aromatic heterocycles. The van der Waals surface area contributed by atoms with Crippen LogP contribution in [-0.2, 0) is 9.53 Å². The normalized spacial score (nSPS) is 11.9. The number of amides is 1. The molecule has 1 amide bonds. The fraction of sp³-hybridized carbons (Fsp3) is 0.467. The molecule has 0 spiro atoms. The average molecular weight is 295 g/mol. The van der Waals surface area contributed by atoms with Gasteiger partial charge in [-0.05, 0) is 30.2 Å². The first kappa shape index (κ1) is 17.0. The molecule has 0 aliphatic heterocycles. The van der Waals surface area contributed by atoms with Gasteiger partial charge in [-0.15, -0.1) is 0 Å². The van der Waals surface area contributed by atoms with Gasteiger partial charge in [0.1, 0.15) is 5.75 Å². The van der Waals surface area contributed by atoms with Crippen LogP contribution in [0.1, 0.15) is 24.2 Å². The predicted octanol–water partition coefficient (Wildman–Crippen LogP) is 0.985. The molecule has 1 unspecified atom stereocenters. The number of ether oxygens (including phenoxy) is 2. The maximum Gasteiger partial charge on any atom is 0.336 e. The number of nitrogens with one attached hydrogen (secondary N) is 1. The monoisotopic (exact) mass is 295 g/mol. The number of benzene rings is 1. The Morgan fingerprint density at radius 3 is 2.38 bits per heavy atom. The molecule has 21 heavy (non-hydrogen) atoms. The van der Waals surface area contributed by atoms with Gasteiger partial charge in [0, 0.05) is 5.56 Å². The zero-order valence-corrected chi connectivity index (χ0v) is 12.5. The lowest BCUT2D eigenvalue weighted by Gasteiger charge is -2.11. The molecule has 0 bridgehead atoms. The molecule has 1 aromatic carbocycles. The molecule has 1 aromatic rings. The van der Waals surface area contributed by atoms with Crippen molar-refractivity contribution in [3.05, 3.63) is 29.8 Å². The Labute approximate surface area is 124 Å². The van der Waals surface area contributed by atoms with Crippen molar-refractivity contribution in [1.82, 2.24) is 5.32 Å². The summed E-state index contributed by atoms with van der Waals surface area (Å²) < 4.78 is 9.87. The maximum absolute atomic E-state index is 11.8. The van der Waals surface area contributed by atoms with Crippen LogP contribution in [0.4, 0.5) is 0 Å². The summed E-state index contributed by atoms with van der Waals surface area (Å²) in [5, 5.41) is 11.8. The molecule has 0 fully saturated rings. The molecule has 1 atom stereocenters. The largest absolute Gasteiger partial charge is 0.493 e. The van der Waals surface area contributed by atoms with Crippen molar-refractivity contribution in [2.75, 3.05) is 20.3 Å². The van der Waals surface area contributed by atoms with Crippen molar-refractivity contribution in [3.8, 4) is 5.75 Å². The summed E-state index contributed by atoms with van der Waals surface area (Å²) in [5.74, 6) is -0.0521. The minimum atomic E-state index is -1.37. The summed E-state index contributed by atoms with van der Waals surface area (Å²) in [5.41, 5.74) is 0.420. The predicted molar refractivity (Wildman–Crippen MR) is 77.1 cm³/mol. The molecule has 2 N–H and O–H groups in total. The number of rotatable bonds is 7. The zero-order chi connectivity index (χ0) is 15.8. The summed E-state index contributed by atoms with van der Waals surface area (Å²) in [6.45, 7) is 4.51. The molecule has 0 heterocycles. The number of hydrogen-bond donors (Lipinski definition) is 2. The first-order valence-corrected chi connectivity index (χ1v) is 6.71. The molecule has 0 saturated carbocycles. The maximum atomic E-state index is 11.8. The van der Waals surface area contributed by atoms with Gasteiger partial charge in [0.05, 0.1) is 20.3 Å². The Kier molecular flexibility index (Phi) is 6.68. The van der Waals surface area contributed by atoms with Crippen LogP contribution >= 0.6 is 0 Å². The minimum Gasteiger partial charge on any atom is -0.493 e. The topological polar surface area (TPSA) is 84.9 Å². The molecular formula is C15H21NO5. The third kappa shape index (κ3) is 5.83. The first-order valence-electron chi connectivity index (χ1n) is 6.71. The molecule has 0 saturated heterocycles. The third-order valence-electron chi connectivity index (χ3n) is 2.63. The van der Waals surface area contributed by atoms with E-state index in [-0.39, 0.29) is 12.5 Å². The van der Waals surface area contributed by atoms with Crippen molar-refractivity contribution < 1.29 is 24.2 Å². The highest BCUT2D eigenvalue weighted by molar-refractivity contribution is 5.94. The van der Waals surface area contributed by atoms with Crippen molar-refractivity contribution in [1.29, 1.82) is 0 Å². The number of aliphatic hydroxyl groups is 1. The van der Waals surface area contributed by atoms with Crippen LogP contribution in [0.5, 0.6) is 5.75 Å². The van der Waals surface area contributed by atoms with Gasteiger partial charge < -0.3 is 19.9 Å². The quantitative estimate of drug-likeness (QED) is 0.733. The van der Waals surface area contributed by atoms with E-state index in [1.54, 1.807) is 24.3 Å². The van der Waals surface area contributed by atoms with E-state index in [9.17, 15) is 14.7 Å². The van der Waals surface area contributed by atoms with E-state index in [0.29, 0.717) is 23.8 Å². The van der Waals surface area contributed by atoms with Gasteiger partial charge in [0.15, 0.2) is 6.10 Å². The van der Waals surface area contributed by atoms with Crippen LogP contribution in [0.3, 0.4) is 0 Å². The summed E-state index contributed by atoms with van der Waals surface area (Å²) in [4.78, 5) is 22.8. The molecular weight excluding hydrogens is 274 g/mol. The van der Waals surface area contributed by atoms with Gasteiger partial charge in [-0.25, -0.2) is 4.79 Å². The van der Waals surface area contributed by atoms with Crippen LogP contribution in [0.25, 0.3) is 0 Å². The van der Waals surface area contributed by atoms with Crippen molar-refractivity contribution >= 4 is 11.9 Å². The highest BCUT2D eigenvalue weighted by atomic mass is 16.5. The van der Waals surface area contributed by atoms with Crippen LogP contribution in [0.2, 0.25) is 0 Å². The first-order chi connectivity index (χ1) is 9.93. The van der Waals surface area contributed by atoms with E-state index in [1.807, 2.05) is 0 Å². The van der Waals surface area contributed by atoms with Gasteiger partial charge in [-0.1, -0.05) is 13.8 Å². The summed E-state index contributed by atoms with van der Waals surface area (Å²) in [6.07, 6.45) is -1.37. The highest BCUT2D eigenvalue weighted by Gasteiger charge is 2.16. The van der Waals surface area contributed by atoms with Crippen molar-refractivity contribution in [2.24, 2.45) is 5.92 Å². The van der Waals surface area contributed by atoms with E-state index in [4.69, 9.17) is 4.74 Å². The van der Waals surface area contributed by atoms with Gasteiger partial charge in [-0.2, -0.15) is 0 Å². The van der Waals surface area contributed by atoms with Gasteiger partial charge in [-0.3, -0.25) is 4.79 Å². The second kappa shape index (κ2) is 8.26. The lowest BCUT2D eigenvalue weighted by molar-refractivity contribution is -0.149. The number of hydrogen-bond acceptors (Lipinski definition) is 5. The lowest BCUT2D eigenvalue weighted by atomic mass is 10.2. The van der Waals surface area contributed by atoms with E-state index < -0.39 is 12.1 Å². The van der Waals surface area contributed by atoms with Crippen molar-refractivity contribution in [3.63, 3.8) is 0 Å². The van der Waals surface area contributed by atoms with Crippen LogP contribution in [0, 0.1) is 5.92 Å². The Hall–Kier alpha value is -2.08. The van der Waals surface area contributed by atoms with Gasteiger partial charge in [0.2, 0.25) is 0 Å². The minimum absolute atomic E-state index is 0.197. The van der Waals surface area contributed by atoms with Crippen LogP contribution < -0.4 is 10.1 Å². The number of aliphatic hydroxyl groups excluding tert-OH is 1. The highest BCUT2D eigenvalue weighted by Crippen LogP contribution is 2.13. The fourth-order valence-electron chi connectivity index (χ4n) is 1.48. The third-order valence-corrected chi connectivity index (χ3v) is 2.63. The Morgan fingerprint density at radius 2 is 1.86 bits per heavy atom. The standard InChI is InChI=1S/C15H21NO5/c1-10(2)9-21-12-6-4-11(5-7-12)14(18)16-8-13(17)15(19)20-3/h4-7,10,13,17H,8-9H2,1-3H3,(H,16,18). The molecule has 6 heteroatoms. The number of carbonyl (C=O) groups excluding carboxylic acids is 2. The second-order valence-corrected chi connectivity index (χ2v) is 4.98. The smallest absolute Gasteiger partial charge is 0.336 e. The molecule has 6 nitrogen and oxygen atoms in total. The lowest BCUT2D eigenvalue weighted by Crippen LogP contribution is -2.37. The average Bonchev–Trinajstić information content (AvgIpc) is 2.49. The van der Waals surface area contributed by atoms with E-state index in [2.05, 4.69) is 23.9 Å². The molecule has 116 valence electrons. The Balaban J connectivity index is 2.49. The summed E-state index contributed by atoms with van der Waals surface area (Å²) in [6, 6.07) is 6.65. The van der Waals surface area contributed by atoms with E-state index >= 15 is 0 Å². The van der Waals surface area contributed by atoms with E-state index in [1.165, 1.54) is 7.11 Å². The fourth-order valence-corrected chi connectivity index (χ4v) is 1.48. The Bertz CT molecular complexity index is 469. The van der Waals surface area contributed by atoms with Gasteiger partial charge >= 0.3 is 5.97 Å². The Morgan fingerprint density at radius 1 is 1.24 bits per heavy atom. The van der Waals surface area contributed by atoms with Crippen LogP contribution in [-0.4, -0.2) is 43.3 Å². The molecule has 1 rings (SSSR count). The van der Waals surface area contributed by atoms with Crippen LogP contribution in [0.15, 0.2) is 24.3 Å². The SMILES string of the molecule is COC(=O)C(O)CNC(=O)c1ccc(OCC(C)C)cc1. The zero-order valence-electron chi connectivity index (χ0n) is 12.5. The van der Waals surface area contributed by atoms with E-state index in [0.717, 1.165) is 0 Å². The summed E-state index contributed by atoms with van der Waals surface area (Å²) in [7, 11) is 1.17. The number of methoxy groups -OCH3 is 1. The summed E-state index contributed by atoms with van der Waals surface area (Å²) >= 11 is 0. The second-order valence-electron chi connectivity index (χ2n) is 4.98. The number of esters is 1. The molecule has 0 radical (unpaired) electrons.